The van der Waals surface area contributed by atoms with Gasteiger partial charge in [0.25, 0.3) is 0 Å². The number of nitrogens with zero attached hydrogens (tertiary/aromatic N) is 1. The summed E-state index contributed by atoms with van der Waals surface area (Å²) in [6, 6.07) is 4.06. The first kappa shape index (κ1) is 24.1. The second-order valence-electron chi connectivity index (χ2n) is 7.33. The maximum absolute atomic E-state index is 12.3. The van der Waals surface area contributed by atoms with Gasteiger partial charge in [-0.1, -0.05) is 46.6 Å². The van der Waals surface area contributed by atoms with Gasteiger partial charge in [-0.3, -0.25) is 4.79 Å². The van der Waals surface area contributed by atoms with Crippen molar-refractivity contribution in [3.05, 3.63) is 57.4 Å². The first-order valence-electron chi connectivity index (χ1n) is 9.92. The number of aromatic nitrogens is 1. The molecule has 172 valence electrons. The smallest absolute Gasteiger partial charge is 0.319 e. The predicted octanol–water partition coefficient (Wildman–Crippen LogP) is 3.11. The number of rotatable bonds is 7. The summed E-state index contributed by atoms with van der Waals surface area (Å²) >= 11 is 11.9. The number of aliphatic hydroxyl groups excluding tert-OH is 1. The maximum Gasteiger partial charge on any atom is 0.319 e. The van der Waals surface area contributed by atoms with E-state index < -0.39 is 24.3 Å². The fourth-order valence-electron chi connectivity index (χ4n) is 3.20. The molecule has 1 aromatic carbocycles. The third-order valence-corrected chi connectivity index (χ3v) is 5.63. The number of carbonyl (C=O) groups is 2. The molecule has 3 amide bonds. The average molecular weight is 483 g/mol. The summed E-state index contributed by atoms with van der Waals surface area (Å²) in [5, 5.41) is 22.5. The van der Waals surface area contributed by atoms with Gasteiger partial charge in [-0.25, -0.2) is 4.79 Å². The number of anilines is 1. The van der Waals surface area contributed by atoms with Gasteiger partial charge in [-0.05, 0) is 31.5 Å². The van der Waals surface area contributed by atoms with Crippen LogP contribution in [0.2, 0.25) is 10.0 Å². The largest absolute Gasteiger partial charge is 0.394 e. The van der Waals surface area contributed by atoms with E-state index in [1.165, 1.54) is 0 Å². The highest BCUT2D eigenvalue weighted by atomic mass is 35.5. The van der Waals surface area contributed by atoms with E-state index in [0.717, 1.165) is 5.56 Å². The first-order valence-corrected chi connectivity index (χ1v) is 10.7. The molecule has 11 heteroatoms. The molecule has 0 spiro atoms. The molecule has 0 unspecified atom stereocenters. The van der Waals surface area contributed by atoms with Crippen molar-refractivity contribution >= 4 is 40.8 Å². The summed E-state index contributed by atoms with van der Waals surface area (Å²) in [4.78, 5) is 24.6. The molecule has 1 aliphatic rings. The Morgan fingerprint density at radius 2 is 1.97 bits per heavy atom. The molecule has 1 aromatic heterocycles. The van der Waals surface area contributed by atoms with Crippen molar-refractivity contribution < 1.29 is 24.0 Å². The lowest BCUT2D eigenvalue weighted by Gasteiger charge is -2.31. The summed E-state index contributed by atoms with van der Waals surface area (Å²) < 4.78 is 10.8. The Labute approximate surface area is 195 Å². The molecule has 3 rings (SSSR count). The molecule has 9 nitrogen and oxygen atoms in total. The van der Waals surface area contributed by atoms with Gasteiger partial charge >= 0.3 is 6.03 Å². The summed E-state index contributed by atoms with van der Waals surface area (Å²) in [6.45, 7) is 3.36. The van der Waals surface area contributed by atoms with Crippen molar-refractivity contribution in [1.29, 1.82) is 0 Å². The zero-order chi connectivity index (χ0) is 23.3. The van der Waals surface area contributed by atoms with Crippen LogP contribution >= 0.6 is 23.2 Å². The minimum Gasteiger partial charge on any atom is -0.394 e. The van der Waals surface area contributed by atoms with Gasteiger partial charge in [0.2, 0.25) is 5.91 Å². The van der Waals surface area contributed by atoms with Crippen molar-refractivity contribution in [2.24, 2.45) is 0 Å². The van der Waals surface area contributed by atoms with Crippen molar-refractivity contribution in [2.45, 2.75) is 45.1 Å². The second-order valence-corrected chi connectivity index (χ2v) is 8.15. The van der Waals surface area contributed by atoms with Crippen molar-refractivity contribution in [3.63, 3.8) is 0 Å². The summed E-state index contributed by atoms with van der Waals surface area (Å²) in [5.41, 5.74) is 1.86. The lowest BCUT2D eigenvalue weighted by atomic mass is 10.0. The van der Waals surface area contributed by atoms with Crippen LogP contribution in [0, 0.1) is 13.8 Å². The van der Waals surface area contributed by atoms with Crippen molar-refractivity contribution in [3.8, 4) is 0 Å². The monoisotopic (exact) mass is 482 g/mol. The van der Waals surface area contributed by atoms with Crippen LogP contribution in [-0.4, -0.2) is 47.1 Å². The molecule has 0 radical (unpaired) electrons. The van der Waals surface area contributed by atoms with E-state index in [2.05, 4.69) is 21.1 Å². The number of ether oxygens (including phenoxy) is 1. The fourth-order valence-corrected chi connectivity index (χ4v) is 3.52. The molecule has 0 saturated carbocycles. The SMILES string of the molecule is Cc1noc(C)c1NC(=O)N[C@H]1C=C[C@@H](CC(=O)NCc2ccc(Cl)c(Cl)c2)O[C@H]1CO. The van der Waals surface area contributed by atoms with Crippen LogP contribution < -0.4 is 16.0 Å². The lowest BCUT2D eigenvalue weighted by Crippen LogP contribution is -2.50. The third-order valence-electron chi connectivity index (χ3n) is 4.89. The topological polar surface area (TPSA) is 126 Å². The van der Waals surface area contributed by atoms with E-state index in [1.807, 2.05) is 0 Å². The van der Waals surface area contributed by atoms with E-state index >= 15 is 0 Å². The summed E-state index contributed by atoms with van der Waals surface area (Å²) in [6.07, 6.45) is 2.21. The number of benzene rings is 1. The Balaban J connectivity index is 1.51. The van der Waals surface area contributed by atoms with Crippen molar-refractivity contribution in [2.75, 3.05) is 11.9 Å². The molecule has 1 aliphatic heterocycles. The zero-order valence-corrected chi connectivity index (χ0v) is 19.0. The number of carbonyl (C=O) groups excluding carboxylic acids is 2. The van der Waals surface area contributed by atoms with Crippen LogP contribution in [0.3, 0.4) is 0 Å². The Hall–Kier alpha value is -2.59. The number of aliphatic hydroxyl groups is 1. The second kappa shape index (κ2) is 10.8. The lowest BCUT2D eigenvalue weighted by molar-refractivity contribution is -0.125. The number of nitrogens with one attached hydrogen (secondary N) is 3. The van der Waals surface area contributed by atoms with Gasteiger partial charge in [0.1, 0.15) is 17.5 Å². The predicted molar refractivity (Wildman–Crippen MR) is 120 cm³/mol. The number of amides is 3. The molecule has 32 heavy (non-hydrogen) atoms. The molecule has 0 bridgehead atoms. The highest BCUT2D eigenvalue weighted by Gasteiger charge is 2.29. The number of aryl methyl sites for hydroxylation is 2. The molecule has 3 atom stereocenters. The van der Waals surface area contributed by atoms with Crippen LogP contribution in [-0.2, 0) is 16.1 Å². The number of hydrogen-bond acceptors (Lipinski definition) is 6. The molecule has 0 aliphatic carbocycles. The van der Waals surface area contributed by atoms with Crippen LogP contribution in [0.15, 0.2) is 34.9 Å². The molecule has 0 fully saturated rings. The standard InChI is InChI=1S/C21H24Cl2N4O5/c1-11-20(12(2)32-27-11)26-21(30)25-17-6-4-14(31-18(17)10-28)8-19(29)24-9-13-3-5-15(22)16(23)7-13/h3-7,14,17-18,28H,8-10H2,1-2H3,(H,24,29)(H2,25,26,30)/t14-,17-,18-/m0/s1. The van der Waals surface area contributed by atoms with Gasteiger partial charge < -0.3 is 30.3 Å². The number of hydrogen-bond donors (Lipinski definition) is 4. The van der Waals surface area contributed by atoms with Gasteiger partial charge in [-0.2, -0.15) is 0 Å². The van der Waals surface area contributed by atoms with Crippen LogP contribution in [0.5, 0.6) is 0 Å². The van der Waals surface area contributed by atoms with E-state index in [9.17, 15) is 14.7 Å². The first-order chi connectivity index (χ1) is 15.3. The Morgan fingerprint density at radius 3 is 2.62 bits per heavy atom. The Bertz CT molecular complexity index is 991. The number of halogens is 2. The minimum atomic E-state index is -0.705. The molecular formula is C21H24Cl2N4O5. The third kappa shape index (κ3) is 6.23. The van der Waals surface area contributed by atoms with E-state index in [1.54, 1.807) is 44.2 Å². The van der Waals surface area contributed by atoms with E-state index in [4.69, 9.17) is 32.5 Å². The molecular weight excluding hydrogens is 459 g/mol. The Kier molecular flexibility index (Phi) is 8.14. The van der Waals surface area contributed by atoms with Gasteiger partial charge in [0.15, 0.2) is 5.76 Å². The fraction of sp³-hybridized carbons (Fsp3) is 0.381. The normalized spacial score (nSPS) is 20.1. The highest BCUT2D eigenvalue weighted by Crippen LogP contribution is 2.23. The minimum absolute atomic E-state index is 0.0618. The van der Waals surface area contributed by atoms with Crippen LogP contribution in [0.4, 0.5) is 10.5 Å². The quantitative estimate of drug-likeness (QED) is 0.449. The summed E-state index contributed by atoms with van der Waals surface area (Å²) in [7, 11) is 0. The van der Waals surface area contributed by atoms with Gasteiger partial charge in [0.05, 0.1) is 35.2 Å². The van der Waals surface area contributed by atoms with Crippen molar-refractivity contribution in [1.82, 2.24) is 15.8 Å². The molecule has 0 saturated heterocycles. The molecule has 2 heterocycles. The van der Waals surface area contributed by atoms with Gasteiger partial charge in [0, 0.05) is 6.54 Å². The van der Waals surface area contributed by atoms with E-state index in [-0.39, 0.29) is 18.9 Å². The van der Waals surface area contributed by atoms with Gasteiger partial charge in [-0.15, -0.1) is 0 Å². The highest BCUT2D eigenvalue weighted by molar-refractivity contribution is 6.42. The van der Waals surface area contributed by atoms with Crippen LogP contribution in [0.1, 0.15) is 23.4 Å². The maximum atomic E-state index is 12.3. The average Bonchev–Trinajstić information content (AvgIpc) is 3.07. The Morgan fingerprint density at radius 1 is 1.19 bits per heavy atom. The number of urea groups is 1. The molecule has 2 aromatic rings. The zero-order valence-electron chi connectivity index (χ0n) is 17.5. The summed E-state index contributed by atoms with van der Waals surface area (Å²) in [5.74, 6) is 0.253. The molecule has 4 N–H and O–H groups in total. The van der Waals surface area contributed by atoms with Crippen LogP contribution in [0.25, 0.3) is 0 Å². The van der Waals surface area contributed by atoms with E-state index in [0.29, 0.717) is 33.7 Å².